The normalized spacial score (nSPS) is 25.0. The molecule has 2 amide bonds. The minimum atomic E-state index is -1.47. The van der Waals surface area contributed by atoms with E-state index in [2.05, 4.69) is 6.07 Å². The molecule has 4 atom stereocenters. The lowest BCUT2D eigenvalue weighted by atomic mass is 9.59. The zero-order valence-electron chi connectivity index (χ0n) is 24.1. The molecular weight excluding hydrogens is 556 g/mol. The maximum atomic E-state index is 15.8. The van der Waals surface area contributed by atoms with Crippen LogP contribution in [0.4, 0.5) is 5.69 Å². The van der Waals surface area contributed by atoms with Gasteiger partial charge in [-0.2, -0.15) is 5.26 Å². The lowest BCUT2D eigenvalue weighted by Gasteiger charge is -2.39. The molecule has 2 bridgehead atoms. The molecule has 0 spiro atoms. The molecule has 1 saturated heterocycles. The molecule has 5 aromatic rings. The van der Waals surface area contributed by atoms with Crippen LogP contribution in [0.5, 0.6) is 0 Å². The van der Waals surface area contributed by atoms with Gasteiger partial charge in [0.2, 0.25) is 11.8 Å². The fourth-order valence-electron chi connectivity index (χ4n) is 8.33. The third-order valence-electron chi connectivity index (χ3n) is 9.84. The van der Waals surface area contributed by atoms with Crippen molar-refractivity contribution in [1.82, 2.24) is 0 Å². The number of rotatable bonds is 5. The van der Waals surface area contributed by atoms with Crippen LogP contribution >= 0.6 is 0 Å². The lowest BCUT2D eigenvalue weighted by Crippen LogP contribution is -2.45. The summed E-state index contributed by atoms with van der Waals surface area (Å²) in [7, 11) is 0. The van der Waals surface area contributed by atoms with E-state index >= 15 is 4.79 Å². The van der Waals surface area contributed by atoms with Gasteiger partial charge in [0.25, 0.3) is 0 Å². The van der Waals surface area contributed by atoms with E-state index in [1.165, 1.54) is 4.90 Å². The number of hydrogen-bond acceptors (Lipinski definition) is 4. The molecule has 0 radical (unpaired) electrons. The number of nitrogens with zero attached hydrogens (tertiary/aromatic N) is 2. The molecule has 8 rings (SSSR count). The zero-order valence-corrected chi connectivity index (χ0v) is 24.1. The molecule has 214 valence electrons. The van der Waals surface area contributed by atoms with Crippen LogP contribution in [0.2, 0.25) is 0 Å². The first-order chi connectivity index (χ1) is 22.1. The summed E-state index contributed by atoms with van der Waals surface area (Å²) in [6.07, 6.45) is 0. The molecule has 3 aliphatic rings. The Morgan fingerprint density at radius 1 is 0.511 bits per heavy atom. The highest BCUT2D eigenvalue weighted by molar-refractivity contribution is 6.39. The van der Waals surface area contributed by atoms with Gasteiger partial charge in [0.1, 0.15) is 6.07 Å². The summed E-state index contributed by atoms with van der Waals surface area (Å²) in [5.41, 5.74) is 1.98. The Morgan fingerprint density at radius 3 is 1.31 bits per heavy atom. The average molecular weight is 583 g/mol. The number of allylic oxidation sites excluding steroid dienone is 2. The maximum absolute atomic E-state index is 15.8. The Morgan fingerprint density at radius 2 is 0.889 bits per heavy atom. The molecular formula is C40H26N2O3. The van der Waals surface area contributed by atoms with Crippen LogP contribution in [0.15, 0.2) is 146 Å². The number of imide groups is 1. The first-order valence-electron chi connectivity index (χ1n) is 15.0. The van der Waals surface area contributed by atoms with Crippen LogP contribution in [0.1, 0.15) is 27.8 Å². The number of nitriles is 1. The van der Waals surface area contributed by atoms with Crippen LogP contribution in [0, 0.1) is 23.2 Å². The number of para-hydroxylation sites is 1. The summed E-state index contributed by atoms with van der Waals surface area (Å²) >= 11 is 0. The molecule has 45 heavy (non-hydrogen) atoms. The largest absolute Gasteiger partial charge is 0.297 e. The van der Waals surface area contributed by atoms with Gasteiger partial charge < -0.3 is 0 Å². The van der Waals surface area contributed by atoms with Crippen LogP contribution in [-0.4, -0.2) is 17.6 Å². The number of anilines is 1. The third kappa shape index (κ3) is 3.29. The van der Waals surface area contributed by atoms with Gasteiger partial charge in [-0.25, -0.2) is 4.90 Å². The van der Waals surface area contributed by atoms with Crippen molar-refractivity contribution in [3.05, 3.63) is 173 Å². The van der Waals surface area contributed by atoms with E-state index in [-0.39, 0.29) is 17.0 Å². The number of ketones is 1. The van der Waals surface area contributed by atoms with Crippen LogP contribution in [0.25, 0.3) is 11.1 Å². The number of amides is 2. The predicted molar refractivity (Wildman–Crippen MR) is 172 cm³/mol. The fourth-order valence-corrected chi connectivity index (χ4v) is 8.33. The molecule has 2 aliphatic carbocycles. The molecule has 1 saturated carbocycles. The molecule has 5 nitrogen and oxygen atoms in total. The molecule has 0 N–H and O–H groups in total. The van der Waals surface area contributed by atoms with Gasteiger partial charge in [0.15, 0.2) is 5.78 Å². The molecule has 0 unspecified atom stereocenters. The van der Waals surface area contributed by atoms with Crippen molar-refractivity contribution >= 4 is 34.4 Å². The molecule has 1 heterocycles. The van der Waals surface area contributed by atoms with Gasteiger partial charge in [-0.1, -0.05) is 133 Å². The van der Waals surface area contributed by atoms with Crippen molar-refractivity contribution in [2.75, 3.05) is 4.90 Å². The van der Waals surface area contributed by atoms with E-state index in [0.29, 0.717) is 11.1 Å². The summed E-state index contributed by atoms with van der Waals surface area (Å²) in [5.74, 6) is -3.18. The van der Waals surface area contributed by atoms with E-state index < -0.39 is 34.5 Å². The van der Waals surface area contributed by atoms with E-state index in [1.807, 2.05) is 121 Å². The van der Waals surface area contributed by atoms with Gasteiger partial charge >= 0.3 is 0 Å². The van der Waals surface area contributed by atoms with Crippen molar-refractivity contribution < 1.29 is 14.4 Å². The molecule has 1 aliphatic heterocycles. The summed E-state index contributed by atoms with van der Waals surface area (Å²) in [5, 5.41) is 9.99. The van der Waals surface area contributed by atoms with E-state index in [1.54, 1.807) is 24.3 Å². The Bertz CT molecular complexity index is 1960. The third-order valence-corrected chi connectivity index (χ3v) is 9.84. The predicted octanol–water partition coefficient (Wildman–Crippen LogP) is 6.75. The average Bonchev–Trinajstić information content (AvgIpc) is 3.61. The number of fused-ring (bicyclic) bond motifs is 5. The van der Waals surface area contributed by atoms with Crippen molar-refractivity contribution in [2.24, 2.45) is 11.8 Å². The molecule has 2 fully saturated rings. The Balaban J connectivity index is 1.56. The van der Waals surface area contributed by atoms with E-state index in [4.69, 9.17) is 0 Å². The van der Waals surface area contributed by atoms with Gasteiger partial charge in [0.05, 0.1) is 33.9 Å². The van der Waals surface area contributed by atoms with Crippen molar-refractivity contribution in [2.45, 2.75) is 10.8 Å². The fraction of sp³-hybridized carbons (Fsp3) is 0.100. The van der Waals surface area contributed by atoms with Crippen molar-refractivity contribution in [3.8, 4) is 6.07 Å². The van der Waals surface area contributed by atoms with E-state index in [9.17, 15) is 14.9 Å². The number of Topliss-reactive ketones (excluding diaryl/α,β-unsaturated/α-hetero) is 1. The summed E-state index contributed by atoms with van der Waals surface area (Å²) in [4.78, 5) is 47.0. The number of hydrogen-bond donors (Lipinski definition) is 0. The second kappa shape index (κ2) is 9.83. The summed E-state index contributed by atoms with van der Waals surface area (Å²) < 4.78 is 0. The summed E-state index contributed by atoms with van der Waals surface area (Å²) in [6.45, 7) is 0. The quantitative estimate of drug-likeness (QED) is 0.215. The van der Waals surface area contributed by atoms with Crippen LogP contribution in [-0.2, 0) is 25.2 Å². The SMILES string of the molecule is N#Cc1ccccc1N1C(=O)[C@H]2[C@H](C1=O)[C@@]1(c3ccccc3)C(=O)[C@@]2(c2ccccc2)C(c2ccccc2)=C1c1ccccc1. The first kappa shape index (κ1) is 26.7. The van der Waals surface area contributed by atoms with Crippen LogP contribution < -0.4 is 4.90 Å². The summed E-state index contributed by atoms with van der Waals surface area (Å²) in [6, 6.07) is 47.2. The second-order valence-electron chi connectivity index (χ2n) is 11.8. The molecule has 0 aromatic heterocycles. The minimum absolute atomic E-state index is 0.171. The number of carbonyl (C=O) groups excluding carboxylic acids is 3. The monoisotopic (exact) mass is 582 g/mol. The van der Waals surface area contributed by atoms with Crippen LogP contribution in [0.3, 0.4) is 0 Å². The van der Waals surface area contributed by atoms with Crippen molar-refractivity contribution in [3.63, 3.8) is 0 Å². The standard InChI is InChI=1S/C40H26N2O3/c41-25-28-19-13-14-24-31(28)42-36(43)34-35(37(42)44)40(30-22-11-4-12-23-30)33(27-17-7-2-8-18-27)32(26-15-5-1-6-16-26)39(34,38(40)45)29-20-9-3-10-21-29/h1-24,34-35H/t34-,35-,39+,40+/m1/s1. The zero-order chi connectivity index (χ0) is 30.8. The van der Waals surface area contributed by atoms with E-state index in [0.717, 1.165) is 22.3 Å². The van der Waals surface area contributed by atoms with Gasteiger partial charge in [-0.15, -0.1) is 0 Å². The second-order valence-corrected chi connectivity index (χ2v) is 11.8. The highest BCUT2D eigenvalue weighted by atomic mass is 16.2. The minimum Gasteiger partial charge on any atom is -0.297 e. The lowest BCUT2D eigenvalue weighted by molar-refractivity contribution is -0.130. The molecule has 5 aromatic carbocycles. The Kier molecular flexibility index (Phi) is 5.84. The van der Waals surface area contributed by atoms with Gasteiger partial charge in [-0.3, -0.25) is 14.4 Å². The van der Waals surface area contributed by atoms with Crippen molar-refractivity contribution in [1.29, 1.82) is 5.26 Å². The maximum Gasteiger partial charge on any atom is 0.239 e. The Labute approximate surface area is 260 Å². The highest BCUT2D eigenvalue weighted by Gasteiger charge is 2.82. The topological polar surface area (TPSA) is 78.2 Å². The number of benzene rings is 5. The molecule has 5 heteroatoms. The smallest absolute Gasteiger partial charge is 0.239 e. The first-order valence-corrected chi connectivity index (χ1v) is 15.0. The van der Waals surface area contributed by atoms with Gasteiger partial charge in [-0.05, 0) is 45.5 Å². The number of carbonyl (C=O) groups is 3. The highest BCUT2D eigenvalue weighted by Crippen LogP contribution is 2.74. The van der Waals surface area contributed by atoms with Gasteiger partial charge in [0, 0.05) is 0 Å². The Hall–Kier alpha value is -5.86.